The molecule has 0 saturated carbocycles. The summed E-state index contributed by atoms with van der Waals surface area (Å²) in [4.78, 5) is 0. The first kappa shape index (κ1) is 35.8. The molecule has 2 nitrogen and oxygen atoms in total. The van der Waals surface area contributed by atoms with Gasteiger partial charge in [-0.15, -0.1) is 21.5 Å². The predicted octanol–water partition coefficient (Wildman–Crippen LogP) is 10.2. The third kappa shape index (κ3) is 22.4. The van der Waals surface area contributed by atoms with Crippen LogP contribution in [-0.4, -0.2) is 10.2 Å². The number of aromatic nitrogens is 2. The van der Waals surface area contributed by atoms with Crippen molar-refractivity contribution in [1.29, 1.82) is 0 Å². The van der Waals surface area contributed by atoms with Gasteiger partial charge in [0, 0.05) is 0 Å². The van der Waals surface area contributed by atoms with Gasteiger partial charge in [-0.25, -0.2) is 0 Å². The zero-order valence-corrected chi connectivity index (χ0v) is 24.1. The lowest BCUT2D eigenvalue weighted by molar-refractivity contribution is 1.02. The van der Waals surface area contributed by atoms with Crippen LogP contribution in [-0.2, 0) is 6.42 Å². The van der Waals surface area contributed by atoms with Crippen molar-refractivity contribution in [1.82, 2.24) is 10.2 Å². The van der Waals surface area contributed by atoms with Crippen LogP contribution >= 0.6 is 11.3 Å². The van der Waals surface area contributed by atoms with Crippen LogP contribution in [0.4, 0.5) is 0 Å². The summed E-state index contributed by atoms with van der Waals surface area (Å²) in [5, 5.41) is 9.65. The van der Waals surface area contributed by atoms with Crippen LogP contribution in [0.2, 0.25) is 0 Å². The summed E-state index contributed by atoms with van der Waals surface area (Å²) < 4.78 is 0. The highest BCUT2D eigenvalue weighted by Crippen LogP contribution is 2.08. The van der Waals surface area contributed by atoms with E-state index in [1.54, 1.807) is 11.3 Å². The Bertz CT molecular complexity index is 748. The van der Waals surface area contributed by atoms with E-state index in [0.29, 0.717) is 0 Å². The van der Waals surface area contributed by atoms with E-state index < -0.39 is 0 Å². The van der Waals surface area contributed by atoms with Gasteiger partial charge in [-0.2, -0.15) is 0 Å². The lowest BCUT2D eigenvalue weighted by atomic mass is 10.1. The molecular formula is C31H48N2S. The zero-order valence-electron chi connectivity index (χ0n) is 23.2. The van der Waals surface area contributed by atoms with Gasteiger partial charge in [0.25, 0.3) is 0 Å². The van der Waals surface area contributed by atoms with Gasteiger partial charge in [0.2, 0.25) is 0 Å². The lowest BCUT2D eigenvalue weighted by Gasteiger charge is -2.00. The Kier molecular flexibility index (Phi) is 31.8. The van der Waals surface area contributed by atoms with Gasteiger partial charge >= 0.3 is 0 Å². The van der Waals surface area contributed by atoms with E-state index in [1.807, 2.05) is 106 Å². The molecule has 3 aromatic carbocycles. The number of hydrogen-bond donors (Lipinski definition) is 0. The summed E-state index contributed by atoms with van der Waals surface area (Å²) in [5.41, 5.74) is 2.74. The van der Waals surface area contributed by atoms with Crippen LogP contribution in [0.5, 0.6) is 0 Å². The maximum Gasteiger partial charge on any atom is 0.114 e. The molecule has 0 aliphatic rings. The minimum atomic E-state index is 1.03. The van der Waals surface area contributed by atoms with Crippen molar-refractivity contribution in [3.05, 3.63) is 118 Å². The summed E-state index contributed by atoms with van der Waals surface area (Å²) in [6, 6.07) is 33.1. The number of hydrogen-bond acceptors (Lipinski definition) is 3. The van der Waals surface area contributed by atoms with Crippen LogP contribution < -0.4 is 0 Å². The molecule has 0 unspecified atom stereocenters. The minimum Gasteiger partial charge on any atom is -0.144 e. The maximum atomic E-state index is 3.78. The van der Waals surface area contributed by atoms with E-state index in [9.17, 15) is 0 Å². The molecule has 0 amide bonds. The van der Waals surface area contributed by atoms with Crippen molar-refractivity contribution < 1.29 is 0 Å². The second-order valence-electron chi connectivity index (χ2n) is 5.64. The van der Waals surface area contributed by atoms with E-state index in [1.165, 1.54) is 11.1 Å². The number of rotatable bonds is 2. The molecule has 3 heteroatoms. The van der Waals surface area contributed by atoms with Gasteiger partial charge in [-0.05, 0) is 31.4 Å². The normalized spacial score (nSPS) is 7.82. The molecule has 0 radical (unpaired) electrons. The second-order valence-corrected chi connectivity index (χ2v) is 7.03. The molecule has 0 atom stereocenters. The summed E-state index contributed by atoms with van der Waals surface area (Å²) >= 11 is 1.62. The van der Waals surface area contributed by atoms with E-state index in [4.69, 9.17) is 0 Å². The monoisotopic (exact) mass is 480 g/mol. The molecule has 0 aliphatic heterocycles. The van der Waals surface area contributed by atoms with Gasteiger partial charge in [-0.3, -0.25) is 0 Å². The van der Waals surface area contributed by atoms with Gasteiger partial charge in [0.1, 0.15) is 10.0 Å². The minimum absolute atomic E-state index is 1.03. The molecule has 0 fully saturated rings. The number of nitrogens with zero attached hydrogens (tertiary/aromatic N) is 2. The first-order chi connectivity index (χ1) is 16.7. The van der Waals surface area contributed by atoms with Crippen molar-refractivity contribution >= 4 is 11.3 Å². The first-order valence-electron chi connectivity index (χ1n) is 12.6. The molecule has 0 N–H and O–H groups in total. The summed E-state index contributed by atoms with van der Waals surface area (Å²) in [6.07, 6.45) is 1.03. The zero-order chi connectivity index (χ0) is 26.5. The van der Waals surface area contributed by atoms with E-state index >= 15 is 0 Å². The van der Waals surface area contributed by atoms with Crippen molar-refractivity contribution in [2.45, 2.75) is 75.7 Å². The largest absolute Gasteiger partial charge is 0.144 e. The Balaban J connectivity index is -0.000000392. The summed E-state index contributed by atoms with van der Waals surface area (Å²) in [6.45, 7) is 19.9. The van der Waals surface area contributed by atoms with Crippen molar-refractivity contribution in [2.75, 3.05) is 0 Å². The van der Waals surface area contributed by atoms with Gasteiger partial charge in [-0.1, -0.05) is 152 Å². The standard InChI is InChI=1S/C13H12.C6H6.C4H6N2S.4C2H6/c1-3-7-12(8-4-1)11-13-9-5-2-6-10-13;1-2-4-6-5-3-1;1-3-5-6-4(2)7-3;4*1-2/h1-10H,11H2;1-6H;1-2H3;4*1-2H3. The van der Waals surface area contributed by atoms with Crippen LogP contribution in [0, 0.1) is 13.8 Å². The molecule has 4 aromatic rings. The van der Waals surface area contributed by atoms with Gasteiger partial charge in [0.05, 0.1) is 0 Å². The highest BCUT2D eigenvalue weighted by molar-refractivity contribution is 7.11. The molecule has 1 heterocycles. The Morgan fingerprint density at radius 3 is 0.882 bits per heavy atom. The van der Waals surface area contributed by atoms with Crippen molar-refractivity contribution in [3.8, 4) is 0 Å². The fourth-order valence-electron chi connectivity index (χ4n) is 2.21. The predicted molar refractivity (Wildman–Crippen MR) is 157 cm³/mol. The summed E-state index contributed by atoms with van der Waals surface area (Å²) in [5.74, 6) is 0. The molecule has 1 aromatic heterocycles. The van der Waals surface area contributed by atoms with Crippen LogP contribution in [0.1, 0.15) is 76.5 Å². The number of aryl methyl sites for hydroxylation is 2. The van der Waals surface area contributed by atoms with Crippen LogP contribution in [0.25, 0.3) is 0 Å². The molecule has 188 valence electrons. The fraction of sp³-hybridized carbons (Fsp3) is 0.355. The Morgan fingerprint density at radius 1 is 0.441 bits per heavy atom. The molecule has 0 saturated heterocycles. The highest BCUT2D eigenvalue weighted by atomic mass is 32.1. The average molecular weight is 481 g/mol. The Hall–Kier alpha value is -2.78. The average Bonchev–Trinajstić information content (AvgIpc) is 3.34. The second kappa shape index (κ2) is 30.2. The Morgan fingerprint density at radius 2 is 0.676 bits per heavy atom. The first-order valence-corrected chi connectivity index (χ1v) is 13.4. The smallest absolute Gasteiger partial charge is 0.114 e. The van der Waals surface area contributed by atoms with E-state index in [-0.39, 0.29) is 0 Å². The highest BCUT2D eigenvalue weighted by Gasteiger charge is 1.92. The Labute approximate surface area is 215 Å². The van der Waals surface area contributed by atoms with Crippen LogP contribution in [0.3, 0.4) is 0 Å². The fourth-order valence-corrected chi connectivity index (χ4v) is 2.80. The molecular weight excluding hydrogens is 432 g/mol. The molecule has 0 spiro atoms. The van der Waals surface area contributed by atoms with Crippen LogP contribution in [0.15, 0.2) is 97.1 Å². The topological polar surface area (TPSA) is 25.8 Å². The molecule has 34 heavy (non-hydrogen) atoms. The molecule has 0 aliphatic carbocycles. The third-order valence-corrected chi connectivity index (χ3v) is 4.14. The molecule has 4 rings (SSSR count). The number of benzene rings is 3. The van der Waals surface area contributed by atoms with E-state index in [2.05, 4.69) is 70.9 Å². The van der Waals surface area contributed by atoms with Crippen molar-refractivity contribution in [2.24, 2.45) is 0 Å². The summed E-state index contributed by atoms with van der Waals surface area (Å²) in [7, 11) is 0. The third-order valence-electron chi connectivity index (χ3n) is 3.39. The SMILES string of the molecule is CC.CC.CC.CC.Cc1nnc(C)s1.c1ccc(Cc2ccccc2)cc1.c1ccccc1. The van der Waals surface area contributed by atoms with Gasteiger partial charge < -0.3 is 0 Å². The molecule has 0 bridgehead atoms. The quantitative estimate of drug-likeness (QED) is 0.285. The van der Waals surface area contributed by atoms with Gasteiger partial charge in [0.15, 0.2) is 0 Å². The van der Waals surface area contributed by atoms with E-state index in [0.717, 1.165) is 16.4 Å². The van der Waals surface area contributed by atoms with Crippen molar-refractivity contribution in [3.63, 3.8) is 0 Å². The lowest BCUT2D eigenvalue weighted by Crippen LogP contribution is -1.85. The maximum absolute atomic E-state index is 3.78.